The number of anilines is 1. The van der Waals surface area contributed by atoms with Gasteiger partial charge < -0.3 is 15.0 Å². The predicted molar refractivity (Wildman–Crippen MR) is 66.2 cm³/mol. The summed E-state index contributed by atoms with van der Waals surface area (Å²) >= 11 is 0. The molecule has 1 heterocycles. The second-order valence-corrected chi connectivity index (χ2v) is 3.68. The van der Waals surface area contributed by atoms with Gasteiger partial charge in [-0.25, -0.2) is 0 Å². The van der Waals surface area contributed by atoms with Crippen molar-refractivity contribution >= 4 is 11.6 Å². The van der Waals surface area contributed by atoms with Gasteiger partial charge in [-0.3, -0.25) is 4.79 Å². The minimum atomic E-state index is -0.150. The van der Waals surface area contributed by atoms with Crippen LogP contribution in [0.5, 0.6) is 5.75 Å². The van der Waals surface area contributed by atoms with E-state index in [0.29, 0.717) is 11.4 Å². The van der Waals surface area contributed by atoms with E-state index in [1.807, 2.05) is 23.8 Å². The molecular weight excluding hydrogens is 216 g/mol. The average molecular weight is 230 g/mol. The van der Waals surface area contributed by atoms with Crippen LogP contribution in [0.15, 0.2) is 42.6 Å². The van der Waals surface area contributed by atoms with Crippen LogP contribution in [0.3, 0.4) is 0 Å². The Balaban J connectivity index is 2.14. The van der Waals surface area contributed by atoms with E-state index < -0.39 is 0 Å². The molecule has 0 bridgehead atoms. The van der Waals surface area contributed by atoms with Crippen LogP contribution in [0.1, 0.15) is 17.4 Å². The Morgan fingerprint density at radius 1 is 1.29 bits per heavy atom. The molecule has 1 aromatic carbocycles. The van der Waals surface area contributed by atoms with Crippen molar-refractivity contribution in [1.29, 1.82) is 0 Å². The Morgan fingerprint density at radius 3 is 2.65 bits per heavy atom. The van der Waals surface area contributed by atoms with Gasteiger partial charge in [0, 0.05) is 18.4 Å². The summed E-state index contributed by atoms with van der Waals surface area (Å²) in [5.41, 5.74) is 1.29. The molecule has 2 N–H and O–H groups in total. The van der Waals surface area contributed by atoms with Crippen LogP contribution in [-0.4, -0.2) is 15.6 Å². The van der Waals surface area contributed by atoms with Crippen LogP contribution in [-0.2, 0) is 6.54 Å². The van der Waals surface area contributed by atoms with Crippen molar-refractivity contribution in [2.24, 2.45) is 0 Å². The first kappa shape index (κ1) is 11.3. The standard InChI is InChI=1S/C13H14N2O2/c1-2-15-9-3-4-12(15)13(17)14-10-5-7-11(16)8-6-10/h3-9,16H,2H2,1H3,(H,14,17). The third-order valence-electron chi connectivity index (χ3n) is 2.53. The lowest BCUT2D eigenvalue weighted by molar-refractivity contribution is 0.101. The van der Waals surface area contributed by atoms with Crippen LogP contribution >= 0.6 is 0 Å². The fourth-order valence-corrected chi connectivity index (χ4v) is 1.64. The molecular formula is C13H14N2O2. The lowest BCUT2D eigenvalue weighted by Crippen LogP contribution is -2.16. The number of benzene rings is 1. The third kappa shape index (κ3) is 2.47. The third-order valence-corrected chi connectivity index (χ3v) is 2.53. The Bertz CT molecular complexity index is 514. The molecule has 0 fully saturated rings. The van der Waals surface area contributed by atoms with Gasteiger partial charge in [0.05, 0.1) is 0 Å². The van der Waals surface area contributed by atoms with E-state index in [4.69, 9.17) is 5.11 Å². The Hall–Kier alpha value is -2.23. The van der Waals surface area contributed by atoms with Crippen LogP contribution in [0.4, 0.5) is 5.69 Å². The number of aromatic hydroxyl groups is 1. The van der Waals surface area contributed by atoms with Gasteiger partial charge in [0.1, 0.15) is 11.4 Å². The topological polar surface area (TPSA) is 54.3 Å². The largest absolute Gasteiger partial charge is 0.508 e. The molecule has 2 rings (SSSR count). The first-order valence-corrected chi connectivity index (χ1v) is 5.46. The minimum Gasteiger partial charge on any atom is -0.508 e. The lowest BCUT2D eigenvalue weighted by Gasteiger charge is -2.07. The Labute approximate surface area is 99.5 Å². The number of aromatic nitrogens is 1. The quantitative estimate of drug-likeness (QED) is 0.796. The number of rotatable bonds is 3. The molecule has 17 heavy (non-hydrogen) atoms. The van der Waals surface area contributed by atoms with E-state index in [2.05, 4.69) is 5.32 Å². The van der Waals surface area contributed by atoms with Crippen molar-refractivity contribution in [2.75, 3.05) is 5.32 Å². The maximum atomic E-state index is 11.9. The van der Waals surface area contributed by atoms with Gasteiger partial charge in [0.25, 0.3) is 5.91 Å². The number of carbonyl (C=O) groups is 1. The highest BCUT2D eigenvalue weighted by atomic mass is 16.3. The van der Waals surface area contributed by atoms with E-state index >= 15 is 0 Å². The molecule has 88 valence electrons. The highest BCUT2D eigenvalue weighted by Gasteiger charge is 2.09. The van der Waals surface area contributed by atoms with E-state index in [1.165, 1.54) is 12.1 Å². The van der Waals surface area contributed by atoms with Gasteiger partial charge >= 0.3 is 0 Å². The van der Waals surface area contributed by atoms with E-state index in [-0.39, 0.29) is 11.7 Å². The van der Waals surface area contributed by atoms with E-state index in [0.717, 1.165) is 6.54 Å². The fourth-order valence-electron chi connectivity index (χ4n) is 1.64. The van der Waals surface area contributed by atoms with Crippen molar-refractivity contribution in [2.45, 2.75) is 13.5 Å². The van der Waals surface area contributed by atoms with Crippen LogP contribution in [0, 0.1) is 0 Å². The van der Waals surface area contributed by atoms with Crippen molar-refractivity contribution in [3.8, 4) is 5.75 Å². The fraction of sp³-hybridized carbons (Fsp3) is 0.154. The van der Waals surface area contributed by atoms with Gasteiger partial charge in [-0.1, -0.05) is 0 Å². The summed E-state index contributed by atoms with van der Waals surface area (Å²) in [6.45, 7) is 2.74. The molecule has 0 saturated carbocycles. The monoisotopic (exact) mass is 230 g/mol. The number of carbonyl (C=O) groups excluding carboxylic acids is 1. The molecule has 1 amide bonds. The summed E-state index contributed by atoms with van der Waals surface area (Å²) in [6, 6.07) is 10.0. The molecule has 0 unspecified atom stereocenters. The number of phenols is 1. The van der Waals surface area contributed by atoms with Gasteiger partial charge in [-0.15, -0.1) is 0 Å². The van der Waals surface area contributed by atoms with Crippen molar-refractivity contribution in [3.05, 3.63) is 48.3 Å². The molecule has 0 atom stereocenters. The Kier molecular flexibility index (Phi) is 3.14. The number of hydrogen-bond acceptors (Lipinski definition) is 2. The molecule has 0 spiro atoms. The molecule has 0 aliphatic rings. The predicted octanol–water partition coefficient (Wildman–Crippen LogP) is 2.47. The van der Waals surface area contributed by atoms with E-state index in [9.17, 15) is 4.79 Å². The first-order valence-electron chi connectivity index (χ1n) is 5.46. The summed E-state index contributed by atoms with van der Waals surface area (Å²) in [4.78, 5) is 11.9. The normalized spacial score (nSPS) is 10.2. The van der Waals surface area contributed by atoms with Crippen LogP contribution in [0.25, 0.3) is 0 Å². The van der Waals surface area contributed by atoms with E-state index in [1.54, 1.807) is 18.2 Å². The summed E-state index contributed by atoms with van der Waals surface area (Å²) in [5, 5.41) is 11.9. The Morgan fingerprint density at radius 2 is 2.00 bits per heavy atom. The summed E-state index contributed by atoms with van der Waals surface area (Å²) in [7, 11) is 0. The molecule has 0 aliphatic carbocycles. The van der Waals surface area contributed by atoms with Gasteiger partial charge in [-0.2, -0.15) is 0 Å². The summed E-state index contributed by atoms with van der Waals surface area (Å²) in [5.74, 6) is 0.0301. The lowest BCUT2D eigenvalue weighted by atomic mass is 10.3. The number of aryl methyl sites for hydroxylation is 1. The second kappa shape index (κ2) is 4.74. The van der Waals surface area contributed by atoms with Crippen LogP contribution < -0.4 is 5.32 Å². The summed E-state index contributed by atoms with van der Waals surface area (Å²) in [6.07, 6.45) is 1.87. The number of hydrogen-bond donors (Lipinski definition) is 2. The number of phenolic OH excluding ortho intramolecular Hbond substituents is 1. The number of amides is 1. The molecule has 0 aliphatic heterocycles. The van der Waals surface area contributed by atoms with Crippen LogP contribution in [0.2, 0.25) is 0 Å². The molecule has 4 heteroatoms. The zero-order chi connectivity index (χ0) is 12.3. The minimum absolute atomic E-state index is 0.150. The second-order valence-electron chi connectivity index (χ2n) is 3.68. The molecule has 4 nitrogen and oxygen atoms in total. The SMILES string of the molecule is CCn1cccc1C(=O)Nc1ccc(O)cc1. The molecule has 0 radical (unpaired) electrons. The maximum absolute atomic E-state index is 11.9. The zero-order valence-corrected chi connectivity index (χ0v) is 9.55. The first-order chi connectivity index (χ1) is 8.20. The molecule has 2 aromatic rings. The van der Waals surface area contributed by atoms with Gasteiger partial charge in [0.2, 0.25) is 0 Å². The highest BCUT2D eigenvalue weighted by Crippen LogP contribution is 2.15. The number of nitrogens with zero attached hydrogens (tertiary/aromatic N) is 1. The molecule has 1 aromatic heterocycles. The van der Waals surface area contributed by atoms with Crippen molar-refractivity contribution in [1.82, 2.24) is 4.57 Å². The van der Waals surface area contributed by atoms with Gasteiger partial charge in [-0.05, 0) is 43.3 Å². The van der Waals surface area contributed by atoms with Crippen molar-refractivity contribution < 1.29 is 9.90 Å². The highest BCUT2D eigenvalue weighted by molar-refractivity contribution is 6.03. The maximum Gasteiger partial charge on any atom is 0.272 e. The average Bonchev–Trinajstić information content (AvgIpc) is 2.80. The molecule has 0 saturated heterocycles. The zero-order valence-electron chi connectivity index (χ0n) is 9.55. The van der Waals surface area contributed by atoms with Crippen molar-refractivity contribution in [3.63, 3.8) is 0 Å². The van der Waals surface area contributed by atoms with Gasteiger partial charge in [0.15, 0.2) is 0 Å². The smallest absolute Gasteiger partial charge is 0.272 e. The summed E-state index contributed by atoms with van der Waals surface area (Å²) < 4.78 is 1.87. The number of nitrogens with one attached hydrogen (secondary N) is 1.